The van der Waals surface area contributed by atoms with E-state index in [1.807, 2.05) is 39.0 Å². The molecule has 1 N–H and O–H groups in total. The lowest BCUT2D eigenvalue weighted by atomic mass is 9.97. The Morgan fingerprint density at radius 2 is 2.24 bits per heavy atom. The van der Waals surface area contributed by atoms with Gasteiger partial charge in [-0.1, -0.05) is 25.1 Å². The molecule has 1 aliphatic rings. The van der Waals surface area contributed by atoms with Gasteiger partial charge in [-0.05, 0) is 32.3 Å². The molecule has 4 heteroatoms. The highest BCUT2D eigenvalue weighted by Gasteiger charge is 2.32. The third-order valence-corrected chi connectivity index (χ3v) is 3.57. The quantitative estimate of drug-likeness (QED) is 0.818. The largest absolute Gasteiger partial charge is 0.487 e. The molecule has 0 saturated carbocycles. The molecule has 1 unspecified atom stereocenters. The SMILES string of the molecule is CCCOC(=O)CCC(O)c1cccc2c1OC(C)(C)C2. The Labute approximate surface area is 126 Å². The molecule has 0 amide bonds. The van der Waals surface area contributed by atoms with E-state index < -0.39 is 6.10 Å². The monoisotopic (exact) mass is 292 g/mol. The number of hydrogen-bond acceptors (Lipinski definition) is 4. The van der Waals surface area contributed by atoms with E-state index in [4.69, 9.17) is 9.47 Å². The molecular formula is C17H24O4. The zero-order chi connectivity index (χ0) is 15.5. The lowest BCUT2D eigenvalue weighted by Crippen LogP contribution is -2.25. The zero-order valence-electron chi connectivity index (χ0n) is 13.0. The summed E-state index contributed by atoms with van der Waals surface area (Å²) in [5.41, 5.74) is 1.64. The Morgan fingerprint density at radius 3 is 2.95 bits per heavy atom. The number of carbonyl (C=O) groups excluding carboxylic acids is 1. The predicted molar refractivity (Wildman–Crippen MR) is 80.3 cm³/mol. The summed E-state index contributed by atoms with van der Waals surface area (Å²) in [4.78, 5) is 11.5. The Kier molecular flexibility index (Phi) is 4.88. The van der Waals surface area contributed by atoms with Gasteiger partial charge in [-0.25, -0.2) is 0 Å². The van der Waals surface area contributed by atoms with E-state index in [9.17, 15) is 9.90 Å². The van der Waals surface area contributed by atoms with Crippen LogP contribution < -0.4 is 4.74 Å². The first-order valence-corrected chi connectivity index (χ1v) is 7.57. The molecule has 1 heterocycles. The maximum atomic E-state index is 11.5. The van der Waals surface area contributed by atoms with Crippen LogP contribution in [-0.4, -0.2) is 23.3 Å². The average molecular weight is 292 g/mol. The van der Waals surface area contributed by atoms with Crippen molar-refractivity contribution >= 4 is 5.97 Å². The van der Waals surface area contributed by atoms with Gasteiger partial charge in [0, 0.05) is 18.4 Å². The van der Waals surface area contributed by atoms with E-state index in [0.29, 0.717) is 13.0 Å². The van der Waals surface area contributed by atoms with Gasteiger partial charge in [0.1, 0.15) is 11.4 Å². The highest BCUT2D eigenvalue weighted by molar-refractivity contribution is 5.69. The first kappa shape index (κ1) is 15.8. The molecule has 116 valence electrons. The van der Waals surface area contributed by atoms with Gasteiger partial charge in [0.2, 0.25) is 0 Å². The van der Waals surface area contributed by atoms with Crippen molar-refractivity contribution in [3.05, 3.63) is 29.3 Å². The predicted octanol–water partition coefficient (Wildman–Crippen LogP) is 3.17. The first-order chi connectivity index (χ1) is 9.93. The minimum absolute atomic E-state index is 0.216. The van der Waals surface area contributed by atoms with Crippen LogP contribution in [0.5, 0.6) is 5.75 Å². The lowest BCUT2D eigenvalue weighted by molar-refractivity contribution is -0.144. The third kappa shape index (κ3) is 3.97. The number of hydrogen-bond donors (Lipinski definition) is 1. The molecule has 2 rings (SSSR count). The highest BCUT2D eigenvalue weighted by atomic mass is 16.5. The standard InChI is InChI=1S/C17H24O4/c1-4-10-20-15(19)9-8-14(18)13-7-5-6-12-11-17(2,3)21-16(12)13/h5-7,14,18H,4,8-11H2,1-3H3. The van der Waals surface area contributed by atoms with Crippen molar-refractivity contribution in [3.63, 3.8) is 0 Å². The van der Waals surface area contributed by atoms with Crippen LogP contribution in [0.4, 0.5) is 0 Å². The lowest BCUT2D eigenvalue weighted by Gasteiger charge is -2.19. The van der Waals surface area contributed by atoms with Crippen LogP contribution >= 0.6 is 0 Å². The second-order valence-electron chi connectivity index (χ2n) is 6.15. The third-order valence-electron chi connectivity index (χ3n) is 3.57. The summed E-state index contributed by atoms with van der Waals surface area (Å²) in [6.07, 6.45) is 1.50. The Balaban J connectivity index is 2.00. The molecule has 4 nitrogen and oxygen atoms in total. The van der Waals surface area contributed by atoms with Crippen LogP contribution in [-0.2, 0) is 16.0 Å². The number of rotatable bonds is 6. The molecule has 0 aromatic heterocycles. The van der Waals surface area contributed by atoms with Gasteiger partial charge in [0.05, 0.1) is 12.7 Å². The number of benzene rings is 1. The van der Waals surface area contributed by atoms with Crippen molar-refractivity contribution in [2.75, 3.05) is 6.61 Å². The molecule has 1 aromatic rings. The normalized spacial score (nSPS) is 17.0. The minimum atomic E-state index is -0.706. The molecule has 0 bridgehead atoms. The first-order valence-electron chi connectivity index (χ1n) is 7.57. The van der Waals surface area contributed by atoms with E-state index in [-0.39, 0.29) is 18.0 Å². The van der Waals surface area contributed by atoms with Crippen molar-refractivity contribution in [2.24, 2.45) is 0 Å². The van der Waals surface area contributed by atoms with Crippen LogP contribution in [0.15, 0.2) is 18.2 Å². The van der Waals surface area contributed by atoms with Crippen molar-refractivity contribution < 1.29 is 19.4 Å². The molecule has 1 atom stereocenters. The molecule has 0 spiro atoms. The minimum Gasteiger partial charge on any atom is -0.487 e. The zero-order valence-corrected chi connectivity index (χ0v) is 13.0. The van der Waals surface area contributed by atoms with Crippen LogP contribution in [0.2, 0.25) is 0 Å². The Morgan fingerprint density at radius 1 is 1.48 bits per heavy atom. The fourth-order valence-electron chi connectivity index (χ4n) is 2.60. The van der Waals surface area contributed by atoms with Gasteiger partial charge >= 0.3 is 5.97 Å². The number of ether oxygens (including phenoxy) is 2. The summed E-state index contributed by atoms with van der Waals surface area (Å²) >= 11 is 0. The van der Waals surface area contributed by atoms with Gasteiger partial charge in [-0.15, -0.1) is 0 Å². The van der Waals surface area contributed by atoms with E-state index >= 15 is 0 Å². The van der Waals surface area contributed by atoms with Crippen LogP contribution in [0.3, 0.4) is 0 Å². The fraction of sp³-hybridized carbons (Fsp3) is 0.588. The maximum Gasteiger partial charge on any atom is 0.305 e. The van der Waals surface area contributed by atoms with Crippen LogP contribution in [0.25, 0.3) is 0 Å². The second-order valence-corrected chi connectivity index (χ2v) is 6.15. The average Bonchev–Trinajstić information content (AvgIpc) is 2.75. The van der Waals surface area contributed by atoms with E-state index in [2.05, 4.69) is 0 Å². The van der Waals surface area contributed by atoms with Crippen molar-refractivity contribution in [3.8, 4) is 5.75 Å². The summed E-state index contributed by atoms with van der Waals surface area (Å²) < 4.78 is 11.0. The molecule has 0 fully saturated rings. The molecule has 1 aliphatic heterocycles. The summed E-state index contributed by atoms with van der Waals surface area (Å²) in [5, 5.41) is 10.3. The van der Waals surface area contributed by atoms with Crippen molar-refractivity contribution in [1.82, 2.24) is 0 Å². The second kappa shape index (κ2) is 6.48. The van der Waals surface area contributed by atoms with Crippen LogP contribution in [0, 0.1) is 0 Å². The van der Waals surface area contributed by atoms with Crippen molar-refractivity contribution in [1.29, 1.82) is 0 Å². The van der Waals surface area contributed by atoms with Crippen LogP contribution in [0.1, 0.15) is 57.3 Å². The summed E-state index contributed by atoms with van der Waals surface area (Å²) in [5.74, 6) is 0.515. The number of aliphatic hydroxyl groups excluding tert-OH is 1. The van der Waals surface area contributed by atoms with Crippen molar-refractivity contribution in [2.45, 2.75) is 58.2 Å². The van der Waals surface area contributed by atoms with E-state index in [1.165, 1.54) is 0 Å². The Bertz CT molecular complexity index is 508. The summed E-state index contributed by atoms with van der Waals surface area (Å²) in [6.45, 7) is 6.46. The number of esters is 1. The summed E-state index contributed by atoms with van der Waals surface area (Å²) in [7, 11) is 0. The molecule has 1 aromatic carbocycles. The van der Waals surface area contributed by atoms with Gasteiger partial charge < -0.3 is 14.6 Å². The molecule has 0 saturated heterocycles. The molecular weight excluding hydrogens is 268 g/mol. The number of aliphatic hydroxyl groups is 1. The Hall–Kier alpha value is -1.55. The smallest absolute Gasteiger partial charge is 0.305 e. The number of carbonyl (C=O) groups is 1. The highest BCUT2D eigenvalue weighted by Crippen LogP contribution is 2.40. The fourth-order valence-corrected chi connectivity index (χ4v) is 2.60. The summed E-state index contributed by atoms with van der Waals surface area (Å²) in [6, 6.07) is 5.82. The van der Waals surface area contributed by atoms with Gasteiger partial charge in [0.25, 0.3) is 0 Å². The van der Waals surface area contributed by atoms with E-state index in [1.54, 1.807) is 0 Å². The number of para-hydroxylation sites is 1. The molecule has 21 heavy (non-hydrogen) atoms. The topological polar surface area (TPSA) is 55.8 Å². The van der Waals surface area contributed by atoms with Gasteiger partial charge in [0.15, 0.2) is 0 Å². The molecule has 0 aliphatic carbocycles. The van der Waals surface area contributed by atoms with Gasteiger partial charge in [-0.3, -0.25) is 4.79 Å². The number of fused-ring (bicyclic) bond motifs is 1. The van der Waals surface area contributed by atoms with Gasteiger partial charge in [-0.2, -0.15) is 0 Å². The maximum absolute atomic E-state index is 11.5. The van der Waals surface area contributed by atoms with E-state index in [0.717, 1.165) is 29.7 Å². The molecule has 0 radical (unpaired) electrons.